The third-order valence-electron chi connectivity index (χ3n) is 2.12. The van der Waals surface area contributed by atoms with Crippen LogP contribution in [0.15, 0.2) is 0 Å². The van der Waals surface area contributed by atoms with Gasteiger partial charge in [0.05, 0.1) is 19.3 Å². The normalized spacial score (nSPS) is 9.50. The van der Waals surface area contributed by atoms with E-state index >= 15 is 0 Å². The number of unbranched alkanes of at least 4 members (excludes halogenated alkanes) is 5. The van der Waals surface area contributed by atoms with Gasteiger partial charge >= 0.3 is 6.16 Å². The minimum absolute atomic E-state index is 0.343. The van der Waals surface area contributed by atoms with E-state index in [1.807, 2.05) is 6.07 Å². The Labute approximate surface area is 97.5 Å². The monoisotopic (exact) mass is 227 g/mol. The third-order valence-corrected chi connectivity index (χ3v) is 2.12. The molecule has 16 heavy (non-hydrogen) atoms. The van der Waals surface area contributed by atoms with Crippen molar-refractivity contribution in [2.24, 2.45) is 0 Å². The molecule has 0 atom stereocenters. The number of hydrogen-bond donors (Lipinski definition) is 0. The van der Waals surface area contributed by atoms with Crippen molar-refractivity contribution >= 4 is 6.16 Å². The Morgan fingerprint density at radius 1 is 1.06 bits per heavy atom. The molecule has 0 rings (SSSR count). The number of rotatable bonds is 9. The molecule has 0 heterocycles. The number of nitrogens with zero attached hydrogens (tertiary/aromatic N) is 1. The smallest absolute Gasteiger partial charge is 0.434 e. The van der Waals surface area contributed by atoms with Crippen molar-refractivity contribution in [2.75, 3.05) is 13.2 Å². The molecule has 0 spiro atoms. The number of nitriles is 1. The molecule has 0 aromatic rings. The van der Waals surface area contributed by atoms with Crippen LogP contribution in [0.25, 0.3) is 0 Å². The molecule has 0 N–H and O–H groups in total. The van der Waals surface area contributed by atoms with Gasteiger partial charge in [-0.15, -0.1) is 0 Å². The Bertz CT molecular complexity index is 211. The standard InChI is InChI=1S/C12H21NO3/c1-2-3-4-7-10-15-12(14)16-11-8-5-6-9-13/h2-8,10-11H2,1H3. The maximum atomic E-state index is 11.0. The topological polar surface area (TPSA) is 59.3 Å². The van der Waals surface area contributed by atoms with Gasteiger partial charge in [-0.2, -0.15) is 5.26 Å². The van der Waals surface area contributed by atoms with Crippen LogP contribution in [0, 0.1) is 11.3 Å². The Kier molecular flexibility index (Phi) is 10.9. The van der Waals surface area contributed by atoms with Crippen LogP contribution < -0.4 is 0 Å². The lowest BCUT2D eigenvalue weighted by Crippen LogP contribution is -2.09. The van der Waals surface area contributed by atoms with E-state index in [0.29, 0.717) is 19.6 Å². The molecule has 0 aliphatic heterocycles. The molecule has 0 aliphatic rings. The van der Waals surface area contributed by atoms with Crippen LogP contribution in [0.2, 0.25) is 0 Å². The van der Waals surface area contributed by atoms with Crippen molar-refractivity contribution in [3.05, 3.63) is 0 Å². The lowest BCUT2D eigenvalue weighted by molar-refractivity contribution is 0.0531. The van der Waals surface area contributed by atoms with Gasteiger partial charge in [0.15, 0.2) is 0 Å². The first-order valence-corrected chi connectivity index (χ1v) is 5.97. The largest absolute Gasteiger partial charge is 0.508 e. The minimum Gasteiger partial charge on any atom is -0.434 e. The van der Waals surface area contributed by atoms with E-state index in [9.17, 15) is 4.79 Å². The fourth-order valence-electron chi connectivity index (χ4n) is 1.19. The predicted molar refractivity (Wildman–Crippen MR) is 60.9 cm³/mol. The first-order valence-electron chi connectivity index (χ1n) is 5.97. The fourth-order valence-corrected chi connectivity index (χ4v) is 1.19. The van der Waals surface area contributed by atoms with E-state index in [-0.39, 0.29) is 0 Å². The highest BCUT2D eigenvalue weighted by Gasteiger charge is 2.02. The van der Waals surface area contributed by atoms with Gasteiger partial charge in [0.1, 0.15) is 0 Å². The molecule has 0 radical (unpaired) electrons. The Morgan fingerprint density at radius 3 is 2.25 bits per heavy atom. The third kappa shape index (κ3) is 10.8. The van der Waals surface area contributed by atoms with Crippen molar-refractivity contribution in [1.29, 1.82) is 5.26 Å². The van der Waals surface area contributed by atoms with E-state index in [1.54, 1.807) is 0 Å². The summed E-state index contributed by atoms with van der Waals surface area (Å²) in [5.41, 5.74) is 0. The first-order chi connectivity index (χ1) is 7.81. The summed E-state index contributed by atoms with van der Waals surface area (Å²) < 4.78 is 9.69. The molecular formula is C12H21NO3. The summed E-state index contributed by atoms with van der Waals surface area (Å²) in [5.74, 6) is 0. The highest BCUT2D eigenvalue weighted by Crippen LogP contribution is 2.00. The van der Waals surface area contributed by atoms with Gasteiger partial charge in [0, 0.05) is 6.42 Å². The molecule has 0 bridgehead atoms. The predicted octanol–water partition coefficient (Wildman–Crippen LogP) is 3.41. The van der Waals surface area contributed by atoms with Crippen molar-refractivity contribution in [3.8, 4) is 6.07 Å². The van der Waals surface area contributed by atoms with Crippen molar-refractivity contribution in [1.82, 2.24) is 0 Å². The number of ether oxygens (including phenoxy) is 2. The zero-order chi connectivity index (χ0) is 12.1. The summed E-state index contributed by atoms with van der Waals surface area (Å²) >= 11 is 0. The highest BCUT2D eigenvalue weighted by atomic mass is 16.7. The Balaban J connectivity index is 3.16. The lowest BCUT2D eigenvalue weighted by Gasteiger charge is -2.05. The molecule has 0 aliphatic carbocycles. The molecule has 0 saturated heterocycles. The number of carbonyl (C=O) groups excluding carboxylic acids is 1. The minimum atomic E-state index is -0.589. The van der Waals surface area contributed by atoms with E-state index in [2.05, 4.69) is 6.92 Å². The molecule has 0 saturated carbocycles. The van der Waals surface area contributed by atoms with Gasteiger partial charge in [-0.3, -0.25) is 0 Å². The number of hydrogen-bond acceptors (Lipinski definition) is 4. The van der Waals surface area contributed by atoms with E-state index < -0.39 is 6.16 Å². The fraction of sp³-hybridized carbons (Fsp3) is 0.833. The van der Waals surface area contributed by atoms with Crippen LogP contribution in [0.5, 0.6) is 0 Å². The molecule has 4 heteroatoms. The molecular weight excluding hydrogens is 206 g/mol. The summed E-state index contributed by atoms with van der Waals surface area (Å²) in [6, 6.07) is 2.04. The van der Waals surface area contributed by atoms with Crippen molar-refractivity contribution < 1.29 is 14.3 Å². The van der Waals surface area contributed by atoms with Crippen LogP contribution in [0.4, 0.5) is 4.79 Å². The van der Waals surface area contributed by atoms with Crippen molar-refractivity contribution in [3.63, 3.8) is 0 Å². The zero-order valence-corrected chi connectivity index (χ0v) is 10.0. The van der Waals surface area contributed by atoms with E-state index in [0.717, 1.165) is 25.7 Å². The second-order valence-electron chi connectivity index (χ2n) is 3.62. The van der Waals surface area contributed by atoms with Crippen LogP contribution in [-0.2, 0) is 9.47 Å². The maximum absolute atomic E-state index is 11.0. The van der Waals surface area contributed by atoms with Gasteiger partial charge in [0.2, 0.25) is 0 Å². The zero-order valence-electron chi connectivity index (χ0n) is 10.0. The second-order valence-corrected chi connectivity index (χ2v) is 3.62. The maximum Gasteiger partial charge on any atom is 0.508 e. The summed E-state index contributed by atoms with van der Waals surface area (Å²) in [6.07, 6.45) is 5.74. The van der Waals surface area contributed by atoms with Crippen LogP contribution >= 0.6 is 0 Å². The average Bonchev–Trinajstić information content (AvgIpc) is 2.28. The van der Waals surface area contributed by atoms with E-state index in [4.69, 9.17) is 14.7 Å². The molecule has 92 valence electrons. The van der Waals surface area contributed by atoms with Gasteiger partial charge in [-0.1, -0.05) is 26.2 Å². The van der Waals surface area contributed by atoms with Crippen LogP contribution in [0.1, 0.15) is 51.9 Å². The summed E-state index contributed by atoms with van der Waals surface area (Å²) in [7, 11) is 0. The molecule has 0 aromatic heterocycles. The van der Waals surface area contributed by atoms with E-state index in [1.165, 1.54) is 12.8 Å². The van der Waals surface area contributed by atoms with Gasteiger partial charge in [0.25, 0.3) is 0 Å². The molecule has 0 aromatic carbocycles. The molecule has 4 nitrogen and oxygen atoms in total. The van der Waals surface area contributed by atoms with Gasteiger partial charge in [-0.05, 0) is 19.3 Å². The highest BCUT2D eigenvalue weighted by molar-refractivity contribution is 5.59. The quantitative estimate of drug-likeness (QED) is 0.447. The van der Waals surface area contributed by atoms with Gasteiger partial charge in [-0.25, -0.2) is 4.79 Å². The number of carbonyl (C=O) groups is 1. The summed E-state index contributed by atoms with van der Waals surface area (Å²) in [6.45, 7) is 2.92. The van der Waals surface area contributed by atoms with Crippen LogP contribution in [-0.4, -0.2) is 19.4 Å². The first kappa shape index (κ1) is 14.8. The van der Waals surface area contributed by atoms with Gasteiger partial charge < -0.3 is 9.47 Å². The summed E-state index contributed by atoms with van der Waals surface area (Å²) in [5, 5.41) is 8.28. The molecule has 0 amide bonds. The lowest BCUT2D eigenvalue weighted by atomic mass is 10.2. The molecule has 0 fully saturated rings. The summed E-state index contributed by atoms with van der Waals surface area (Å²) in [4.78, 5) is 11.0. The SMILES string of the molecule is CCCCCCOC(=O)OCCCCC#N. The van der Waals surface area contributed by atoms with Crippen molar-refractivity contribution in [2.45, 2.75) is 51.9 Å². The average molecular weight is 227 g/mol. The Morgan fingerprint density at radius 2 is 1.69 bits per heavy atom. The molecule has 0 unspecified atom stereocenters. The Hall–Kier alpha value is -1.24. The van der Waals surface area contributed by atoms with Crippen LogP contribution in [0.3, 0.4) is 0 Å². The second kappa shape index (κ2) is 11.8.